The van der Waals surface area contributed by atoms with E-state index in [4.69, 9.17) is 0 Å². The fourth-order valence-electron chi connectivity index (χ4n) is 3.73. The van der Waals surface area contributed by atoms with E-state index in [-0.39, 0.29) is 0 Å². The molecular formula is C13H22BrN. The van der Waals surface area contributed by atoms with E-state index >= 15 is 0 Å². The molecule has 86 valence electrons. The molecule has 2 saturated carbocycles. The number of hydrogen-bond acceptors (Lipinski definition) is 1. The Hall–Kier alpha value is 0.440. The van der Waals surface area contributed by atoms with Crippen LogP contribution >= 0.6 is 15.9 Å². The fourth-order valence-corrected chi connectivity index (χ4v) is 4.47. The lowest BCUT2D eigenvalue weighted by molar-refractivity contribution is 0.0813. The van der Waals surface area contributed by atoms with Crippen LogP contribution in [0.3, 0.4) is 0 Å². The second-order valence-electron chi connectivity index (χ2n) is 6.30. The molecule has 0 unspecified atom stereocenters. The van der Waals surface area contributed by atoms with E-state index in [1.54, 1.807) is 0 Å². The molecule has 0 aromatic heterocycles. The summed E-state index contributed by atoms with van der Waals surface area (Å²) >= 11 is 3.72. The largest absolute Gasteiger partial charge is 0.302 e. The number of alkyl halides is 1. The minimum Gasteiger partial charge on any atom is -0.302 e. The predicted octanol–water partition coefficient (Wildman–Crippen LogP) is 3.43. The zero-order chi connectivity index (χ0) is 10.4. The normalized spacial score (nSPS) is 32.6. The maximum atomic E-state index is 3.72. The molecule has 0 radical (unpaired) electrons. The first kappa shape index (κ1) is 10.6. The molecule has 3 aliphatic rings. The molecule has 1 aliphatic heterocycles. The number of hydrogen-bond donors (Lipinski definition) is 0. The van der Waals surface area contributed by atoms with Crippen molar-refractivity contribution in [3.8, 4) is 0 Å². The zero-order valence-electron chi connectivity index (χ0n) is 9.60. The number of halogens is 1. The first-order valence-corrected chi connectivity index (χ1v) is 7.67. The van der Waals surface area contributed by atoms with E-state index in [0.717, 1.165) is 5.41 Å². The van der Waals surface area contributed by atoms with Crippen LogP contribution in [0, 0.1) is 10.8 Å². The maximum Gasteiger partial charge on any atom is 0.0100 e. The van der Waals surface area contributed by atoms with Gasteiger partial charge in [0.05, 0.1) is 0 Å². The highest BCUT2D eigenvalue weighted by molar-refractivity contribution is 9.09. The summed E-state index contributed by atoms with van der Waals surface area (Å²) in [6.45, 7) is 4.18. The van der Waals surface area contributed by atoms with Crippen molar-refractivity contribution in [1.82, 2.24) is 4.90 Å². The minimum atomic E-state index is 0.662. The highest BCUT2D eigenvalue weighted by Gasteiger charge is 2.45. The standard InChI is InChI=1S/C13H22BrN/c14-9-13(5-2-6-13)11-15-8-7-12(10-15)3-1-4-12/h1-11H2. The van der Waals surface area contributed by atoms with Gasteiger partial charge in [-0.25, -0.2) is 0 Å². The van der Waals surface area contributed by atoms with Crippen molar-refractivity contribution in [1.29, 1.82) is 0 Å². The zero-order valence-corrected chi connectivity index (χ0v) is 11.2. The van der Waals surface area contributed by atoms with Gasteiger partial charge in [0, 0.05) is 18.4 Å². The monoisotopic (exact) mass is 271 g/mol. The molecule has 2 heteroatoms. The van der Waals surface area contributed by atoms with Gasteiger partial charge in [-0.3, -0.25) is 0 Å². The number of rotatable bonds is 3. The molecule has 1 nitrogen and oxygen atoms in total. The van der Waals surface area contributed by atoms with Crippen LogP contribution in [-0.2, 0) is 0 Å². The molecule has 0 atom stereocenters. The van der Waals surface area contributed by atoms with Gasteiger partial charge in [0.2, 0.25) is 0 Å². The van der Waals surface area contributed by atoms with Crippen LogP contribution in [-0.4, -0.2) is 29.9 Å². The maximum absolute atomic E-state index is 3.72. The second-order valence-corrected chi connectivity index (χ2v) is 6.86. The molecule has 0 bridgehead atoms. The summed E-state index contributed by atoms with van der Waals surface area (Å²) in [6, 6.07) is 0. The molecule has 1 spiro atoms. The molecule has 1 heterocycles. The van der Waals surface area contributed by atoms with Gasteiger partial charge in [0.25, 0.3) is 0 Å². The van der Waals surface area contributed by atoms with Crippen molar-refractivity contribution in [3.63, 3.8) is 0 Å². The van der Waals surface area contributed by atoms with Crippen molar-refractivity contribution in [3.05, 3.63) is 0 Å². The van der Waals surface area contributed by atoms with Crippen molar-refractivity contribution < 1.29 is 0 Å². The Balaban J connectivity index is 1.56. The van der Waals surface area contributed by atoms with Crippen LogP contribution in [0.2, 0.25) is 0 Å². The lowest BCUT2D eigenvalue weighted by Gasteiger charge is -2.44. The first-order chi connectivity index (χ1) is 7.26. The Morgan fingerprint density at radius 3 is 2.13 bits per heavy atom. The lowest BCUT2D eigenvalue weighted by Crippen LogP contribution is -2.44. The van der Waals surface area contributed by atoms with Crippen molar-refractivity contribution in [2.45, 2.75) is 44.9 Å². The van der Waals surface area contributed by atoms with Crippen LogP contribution in [0.1, 0.15) is 44.9 Å². The molecular weight excluding hydrogens is 250 g/mol. The van der Waals surface area contributed by atoms with E-state index in [9.17, 15) is 0 Å². The minimum absolute atomic E-state index is 0.662. The Bertz CT molecular complexity index is 237. The van der Waals surface area contributed by atoms with E-state index in [1.165, 1.54) is 69.9 Å². The average molecular weight is 272 g/mol. The Labute approximate surface area is 102 Å². The van der Waals surface area contributed by atoms with Crippen molar-refractivity contribution >= 4 is 15.9 Å². The van der Waals surface area contributed by atoms with Gasteiger partial charge in [0.15, 0.2) is 0 Å². The summed E-state index contributed by atoms with van der Waals surface area (Å²) in [5, 5.41) is 1.23. The third kappa shape index (κ3) is 1.78. The molecule has 1 saturated heterocycles. The van der Waals surface area contributed by atoms with Gasteiger partial charge >= 0.3 is 0 Å². The molecule has 0 N–H and O–H groups in total. The molecule has 0 aromatic rings. The SMILES string of the molecule is BrCC1(CN2CCC3(CCC3)C2)CCC1. The summed E-state index contributed by atoms with van der Waals surface area (Å²) in [5.74, 6) is 0. The topological polar surface area (TPSA) is 3.24 Å². The Morgan fingerprint density at radius 1 is 1.00 bits per heavy atom. The summed E-state index contributed by atoms with van der Waals surface area (Å²) in [4.78, 5) is 2.76. The van der Waals surface area contributed by atoms with E-state index in [1.807, 2.05) is 0 Å². The fraction of sp³-hybridized carbons (Fsp3) is 1.00. The quantitative estimate of drug-likeness (QED) is 0.711. The predicted molar refractivity (Wildman–Crippen MR) is 67.4 cm³/mol. The van der Waals surface area contributed by atoms with Crippen LogP contribution < -0.4 is 0 Å². The Kier molecular flexibility index (Phi) is 2.63. The summed E-state index contributed by atoms with van der Waals surface area (Å²) in [5.41, 5.74) is 1.45. The van der Waals surface area contributed by atoms with E-state index in [0.29, 0.717) is 5.41 Å². The van der Waals surface area contributed by atoms with Gasteiger partial charge < -0.3 is 4.90 Å². The average Bonchev–Trinajstić information content (AvgIpc) is 2.55. The number of nitrogens with zero attached hydrogens (tertiary/aromatic N) is 1. The number of likely N-dealkylation sites (tertiary alicyclic amines) is 1. The third-order valence-electron chi connectivity index (χ3n) is 5.19. The third-order valence-corrected chi connectivity index (χ3v) is 6.38. The molecule has 2 aliphatic carbocycles. The molecule has 15 heavy (non-hydrogen) atoms. The van der Waals surface area contributed by atoms with Crippen molar-refractivity contribution in [2.24, 2.45) is 10.8 Å². The summed E-state index contributed by atoms with van der Waals surface area (Å²) < 4.78 is 0. The van der Waals surface area contributed by atoms with Crippen molar-refractivity contribution in [2.75, 3.05) is 25.0 Å². The first-order valence-electron chi connectivity index (χ1n) is 6.54. The van der Waals surface area contributed by atoms with Gasteiger partial charge in [-0.05, 0) is 49.5 Å². The van der Waals surface area contributed by atoms with Crippen LogP contribution in [0.15, 0.2) is 0 Å². The van der Waals surface area contributed by atoms with Gasteiger partial charge in [-0.15, -0.1) is 0 Å². The van der Waals surface area contributed by atoms with Crippen LogP contribution in [0.25, 0.3) is 0 Å². The molecule has 0 amide bonds. The smallest absolute Gasteiger partial charge is 0.0100 e. The molecule has 3 rings (SSSR count). The highest BCUT2D eigenvalue weighted by atomic mass is 79.9. The van der Waals surface area contributed by atoms with Gasteiger partial charge in [-0.1, -0.05) is 28.8 Å². The van der Waals surface area contributed by atoms with Crippen LogP contribution in [0.5, 0.6) is 0 Å². The molecule has 0 aromatic carbocycles. The summed E-state index contributed by atoms with van der Waals surface area (Å²) in [7, 11) is 0. The van der Waals surface area contributed by atoms with E-state index < -0.39 is 0 Å². The van der Waals surface area contributed by atoms with Crippen LogP contribution in [0.4, 0.5) is 0 Å². The Morgan fingerprint density at radius 2 is 1.73 bits per heavy atom. The van der Waals surface area contributed by atoms with Gasteiger partial charge in [0.1, 0.15) is 0 Å². The molecule has 3 fully saturated rings. The second kappa shape index (κ2) is 3.73. The highest BCUT2D eigenvalue weighted by Crippen LogP contribution is 2.50. The summed E-state index contributed by atoms with van der Waals surface area (Å²) in [6.07, 6.45) is 10.4. The van der Waals surface area contributed by atoms with Gasteiger partial charge in [-0.2, -0.15) is 0 Å². The van der Waals surface area contributed by atoms with E-state index in [2.05, 4.69) is 20.8 Å². The lowest BCUT2D eigenvalue weighted by atomic mass is 9.68.